The molecule has 0 saturated heterocycles. The molecule has 4 heteroatoms. The lowest BCUT2D eigenvalue weighted by atomic mass is 10.1. The van der Waals surface area contributed by atoms with Gasteiger partial charge in [0.1, 0.15) is 0 Å². The Morgan fingerprint density at radius 1 is 1.44 bits per heavy atom. The summed E-state index contributed by atoms with van der Waals surface area (Å²) in [6.45, 7) is 2.60. The van der Waals surface area contributed by atoms with E-state index in [9.17, 15) is 0 Å². The van der Waals surface area contributed by atoms with Crippen LogP contribution in [0.5, 0.6) is 0 Å². The molecule has 0 saturated carbocycles. The number of oxazole rings is 1. The van der Waals surface area contributed by atoms with Crippen LogP contribution in [0.2, 0.25) is 0 Å². The second-order valence-electron chi connectivity index (χ2n) is 3.62. The van der Waals surface area contributed by atoms with E-state index in [1.54, 1.807) is 6.20 Å². The van der Waals surface area contributed by atoms with Crippen LogP contribution in [0, 0.1) is 6.92 Å². The Morgan fingerprint density at radius 3 is 2.94 bits per heavy atom. The fraction of sp³-hybridized carbons (Fsp3) is 0.250. The molecule has 0 atom stereocenters. The van der Waals surface area contributed by atoms with Crippen LogP contribution in [-0.2, 0) is 6.42 Å². The Labute approximate surface area is 103 Å². The van der Waals surface area contributed by atoms with Gasteiger partial charge < -0.3 is 10.2 Å². The van der Waals surface area contributed by atoms with Gasteiger partial charge in [-0.15, -0.1) is 0 Å². The summed E-state index contributed by atoms with van der Waals surface area (Å²) < 4.78 is 6.66. The van der Waals surface area contributed by atoms with E-state index in [-0.39, 0.29) is 0 Å². The van der Waals surface area contributed by atoms with E-state index in [1.165, 1.54) is 5.56 Å². The first-order chi connectivity index (χ1) is 7.70. The molecule has 1 heterocycles. The molecule has 0 aliphatic rings. The number of aromatic nitrogens is 1. The highest BCUT2D eigenvalue weighted by Crippen LogP contribution is 2.26. The second-order valence-corrected chi connectivity index (χ2v) is 4.48. The van der Waals surface area contributed by atoms with Gasteiger partial charge in [0, 0.05) is 23.0 Å². The Morgan fingerprint density at radius 2 is 2.25 bits per heavy atom. The smallest absolute Gasteiger partial charge is 0.196 e. The maximum Gasteiger partial charge on any atom is 0.196 e. The van der Waals surface area contributed by atoms with Gasteiger partial charge in [-0.1, -0.05) is 28.1 Å². The van der Waals surface area contributed by atoms with E-state index in [0.717, 1.165) is 15.8 Å². The van der Waals surface area contributed by atoms with Crippen molar-refractivity contribution >= 4 is 15.9 Å². The van der Waals surface area contributed by atoms with Crippen molar-refractivity contribution in [3.05, 3.63) is 40.3 Å². The summed E-state index contributed by atoms with van der Waals surface area (Å²) in [5.74, 6) is 1.47. The third kappa shape index (κ3) is 2.33. The zero-order chi connectivity index (χ0) is 11.5. The SMILES string of the molecule is Cc1ccc(-c2cnc(CCN)o2)cc1Br. The van der Waals surface area contributed by atoms with Crippen molar-refractivity contribution in [3.63, 3.8) is 0 Å². The summed E-state index contributed by atoms with van der Waals surface area (Å²) in [5, 5.41) is 0. The van der Waals surface area contributed by atoms with Gasteiger partial charge in [-0.25, -0.2) is 4.98 Å². The molecule has 0 amide bonds. The minimum Gasteiger partial charge on any atom is -0.441 e. The number of rotatable bonds is 3. The molecular weight excluding hydrogens is 268 g/mol. The van der Waals surface area contributed by atoms with Crippen LogP contribution >= 0.6 is 15.9 Å². The molecule has 2 N–H and O–H groups in total. The minimum absolute atomic E-state index is 0.553. The first-order valence-electron chi connectivity index (χ1n) is 5.12. The van der Waals surface area contributed by atoms with Gasteiger partial charge in [-0.05, 0) is 18.6 Å². The van der Waals surface area contributed by atoms with Crippen LogP contribution in [0.4, 0.5) is 0 Å². The summed E-state index contributed by atoms with van der Waals surface area (Å²) in [7, 11) is 0. The number of hydrogen-bond acceptors (Lipinski definition) is 3. The standard InChI is InChI=1S/C12H13BrN2O/c1-8-2-3-9(6-10(8)13)11-7-15-12(16-11)4-5-14/h2-3,6-7H,4-5,14H2,1H3. The highest BCUT2D eigenvalue weighted by Gasteiger charge is 2.06. The Bertz CT molecular complexity index is 494. The molecule has 0 aliphatic carbocycles. The van der Waals surface area contributed by atoms with Crippen molar-refractivity contribution in [1.29, 1.82) is 0 Å². The maximum atomic E-state index is 5.59. The van der Waals surface area contributed by atoms with Crippen LogP contribution < -0.4 is 5.73 Å². The van der Waals surface area contributed by atoms with Crippen molar-refractivity contribution < 1.29 is 4.42 Å². The quantitative estimate of drug-likeness (QED) is 0.941. The van der Waals surface area contributed by atoms with Gasteiger partial charge in [-0.2, -0.15) is 0 Å². The molecular formula is C12H13BrN2O. The number of aryl methyl sites for hydroxylation is 1. The highest BCUT2D eigenvalue weighted by atomic mass is 79.9. The average Bonchev–Trinajstić information content (AvgIpc) is 2.71. The average molecular weight is 281 g/mol. The fourth-order valence-corrected chi connectivity index (χ4v) is 1.81. The summed E-state index contributed by atoms with van der Waals surface area (Å²) in [6, 6.07) is 6.10. The van der Waals surface area contributed by atoms with E-state index >= 15 is 0 Å². The van der Waals surface area contributed by atoms with Crippen LogP contribution in [0.1, 0.15) is 11.5 Å². The first kappa shape index (κ1) is 11.4. The Hall–Kier alpha value is -1.13. The van der Waals surface area contributed by atoms with Crippen molar-refractivity contribution in [3.8, 4) is 11.3 Å². The van der Waals surface area contributed by atoms with E-state index < -0.39 is 0 Å². The van der Waals surface area contributed by atoms with Gasteiger partial charge in [0.2, 0.25) is 0 Å². The Kier molecular flexibility index (Phi) is 3.41. The molecule has 2 rings (SSSR count). The summed E-state index contributed by atoms with van der Waals surface area (Å²) in [4.78, 5) is 4.17. The van der Waals surface area contributed by atoms with Crippen molar-refractivity contribution in [2.75, 3.05) is 6.54 Å². The van der Waals surface area contributed by atoms with Crippen LogP contribution in [0.15, 0.2) is 33.3 Å². The molecule has 0 bridgehead atoms. The fourth-order valence-electron chi connectivity index (χ4n) is 1.43. The topological polar surface area (TPSA) is 52.0 Å². The number of benzene rings is 1. The lowest BCUT2D eigenvalue weighted by Gasteiger charge is -2.00. The van der Waals surface area contributed by atoms with Crippen LogP contribution in [0.3, 0.4) is 0 Å². The molecule has 3 nitrogen and oxygen atoms in total. The summed E-state index contributed by atoms with van der Waals surface area (Å²) in [5.41, 5.74) is 7.67. The predicted octanol–water partition coefficient (Wildman–Crippen LogP) is 2.91. The normalized spacial score (nSPS) is 10.7. The molecule has 1 aromatic carbocycles. The second kappa shape index (κ2) is 4.80. The number of hydrogen-bond donors (Lipinski definition) is 1. The molecule has 0 unspecified atom stereocenters. The third-order valence-corrected chi connectivity index (χ3v) is 3.22. The van der Waals surface area contributed by atoms with E-state index in [0.29, 0.717) is 18.9 Å². The van der Waals surface area contributed by atoms with Crippen LogP contribution in [-0.4, -0.2) is 11.5 Å². The van der Waals surface area contributed by atoms with E-state index in [1.807, 2.05) is 25.1 Å². The molecule has 16 heavy (non-hydrogen) atoms. The van der Waals surface area contributed by atoms with Crippen LogP contribution in [0.25, 0.3) is 11.3 Å². The molecule has 2 aromatic rings. The largest absolute Gasteiger partial charge is 0.441 e. The monoisotopic (exact) mass is 280 g/mol. The number of nitrogens with zero attached hydrogens (tertiary/aromatic N) is 1. The summed E-state index contributed by atoms with van der Waals surface area (Å²) in [6.07, 6.45) is 2.41. The number of nitrogens with two attached hydrogens (primary N) is 1. The molecule has 84 valence electrons. The van der Waals surface area contributed by atoms with Crippen molar-refractivity contribution in [2.45, 2.75) is 13.3 Å². The third-order valence-electron chi connectivity index (χ3n) is 2.37. The van der Waals surface area contributed by atoms with E-state index in [2.05, 4.69) is 20.9 Å². The van der Waals surface area contributed by atoms with Gasteiger partial charge in [0.25, 0.3) is 0 Å². The van der Waals surface area contributed by atoms with Gasteiger partial charge in [-0.3, -0.25) is 0 Å². The minimum atomic E-state index is 0.553. The lowest BCUT2D eigenvalue weighted by Crippen LogP contribution is -2.02. The molecule has 0 radical (unpaired) electrons. The Balaban J connectivity index is 2.31. The number of halogens is 1. The molecule has 1 aromatic heterocycles. The maximum absolute atomic E-state index is 5.59. The van der Waals surface area contributed by atoms with Crippen molar-refractivity contribution in [2.24, 2.45) is 5.73 Å². The van der Waals surface area contributed by atoms with Crippen molar-refractivity contribution in [1.82, 2.24) is 4.98 Å². The van der Waals surface area contributed by atoms with Gasteiger partial charge in [0.15, 0.2) is 11.7 Å². The lowest BCUT2D eigenvalue weighted by molar-refractivity contribution is 0.508. The molecule has 0 aliphatic heterocycles. The van der Waals surface area contributed by atoms with E-state index in [4.69, 9.17) is 10.2 Å². The molecule has 0 spiro atoms. The molecule has 0 fully saturated rings. The zero-order valence-corrected chi connectivity index (χ0v) is 10.6. The summed E-state index contributed by atoms with van der Waals surface area (Å²) >= 11 is 3.50. The van der Waals surface area contributed by atoms with Gasteiger partial charge in [0.05, 0.1) is 6.20 Å². The predicted molar refractivity (Wildman–Crippen MR) is 67.1 cm³/mol. The zero-order valence-electron chi connectivity index (χ0n) is 9.03. The highest BCUT2D eigenvalue weighted by molar-refractivity contribution is 9.10. The van der Waals surface area contributed by atoms with Gasteiger partial charge >= 0.3 is 0 Å². The first-order valence-corrected chi connectivity index (χ1v) is 5.91.